The summed E-state index contributed by atoms with van der Waals surface area (Å²) in [5.41, 5.74) is 1.33. The maximum absolute atomic E-state index is 11.0. The highest BCUT2D eigenvalue weighted by Crippen LogP contribution is 2.06. The smallest absolute Gasteiger partial charge is 0.266 e. The van der Waals surface area contributed by atoms with Crippen molar-refractivity contribution < 1.29 is 9.00 Å². The Balaban J connectivity index is 2.98. The fourth-order valence-corrected chi connectivity index (χ4v) is 1.02. The van der Waals surface area contributed by atoms with Crippen LogP contribution in [0.5, 0.6) is 0 Å². The van der Waals surface area contributed by atoms with Crippen molar-refractivity contribution in [3.8, 4) is 0 Å². The molecule has 1 rings (SSSR count). The summed E-state index contributed by atoms with van der Waals surface area (Å²) in [4.78, 5) is 11.0. The van der Waals surface area contributed by atoms with Gasteiger partial charge in [0.25, 0.3) is 5.91 Å². The standard InChI is InChI=1S/C9H7NO2S/c1-2-7-3-5-8(6-4-7)9(11)10-13-12/h2-6H,1H2. The van der Waals surface area contributed by atoms with Crippen molar-refractivity contribution in [2.45, 2.75) is 0 Å². The second-order valence-corrected chi connectivity index (χ2v) is 2.63. The maximum Gasteiger partial charge on any atom is 0.290 e. The van der Waals surface area contributed by atoms with Crippen molar-refractivity contribution in [3.05, 3.63) is 42.0 Å². The topological polar surface area (TPSA) is 46.5 Å². The maximum atomic E-state index is 11.0. The van der Waals surface area contributed by atoms with Crippen LogP contribution in [0, 0.1) is 0 Å². The number of carbonyl (C=O) groups is 1. The minimum Gasteiger partial charge on any atom is -0.266 e. The number of nitrogens with zero attached hydrogens (tertiary/aromatic N) is 1. The van der Waals surface area contributed by atoms with E-state index in [0.717, 1.165) is 5.56 Å². The van der Waals surface area contributed by atoms with E-state index in [0.29, 0.717) is 5.56 Å². The molecule has 0 N–H and O–H groups in total. The Kier molecular flexibility index (Phi) is 3.28. The van der Waals surface area contributed by atoms with E-state index in [2.05, 4.69) is 10.9 Å². The molecule has 0 saturated heterocycles. The fourth-order valence-electron chi connectivity index (χ4n) is 0.848. The van der Waals surface area contributed by atoms with E-state index in [1.807, 2.05) is 0 Å². The first-order chi connectivity index (χ1) is 6.27. The first-order valence-corrected chi connectivity index (χ1v) is 4.24. The van der Waals surface area contributed by atoms with Crippen LogP contribution in [0.25, 0.3) is 6.08 Å². The molecule has 1 amide bonds. The van der Waals surface area contributed by atoms with E-state index in [4.69, 9.17) is 0 Å². The lowest BCUT2D eigenvalue weighted by Gasteiger charge is -1.94. The summed E-state index contributed by atoms with van der Waals surface area (Å²) >= 11 is -0.0802. The summed E-state index contributed by atoms with van der Waals surface area (Å²) in [7, 11) is 0. The lowest BCUT2D eigenvalue weighted by molar-refractivity contribution is 0.101. The largest absolute Gasteiger partial charge is 0.290 e. The van der Waals surface area contributed by atoms with Crippen molar-refractivity contribution in [1.29, 1.82) is 0 Å². The van der Waals surface area contributed by atoms with Crippen molar-refractivity contribution in [2.24, 2.45) is 4.36 Å². The lowest BCUT2D eigenvalue weighted by Crippen LogP contribution is -1.92. The van der Waals surface area contributed by atoms with Gasteiger partial charge in [-0.25, -0.2) is 0 Å². The molecule has 0 radical (unpaired) electrons. The van der Waals surface area contributed by atoms with Gasteiger partial charge in [0.15, 0.2) is 0 Å². The van der Waals surface area contributed by atoms with Crippen molar-refractivity contribution in [1.82, 2.24) is 0 Å². The third kappa shape index (κ3) is 2.45. The van der Waals surface area contributed by atoms with E-state index >= 15 is 0 Å². The molecule has 0 unspecified atom stereocenters. The molecule has 0 aliphatic heterocycles. The van der Waals surface area contributed by atoms with E-state index in [1.54, 1.807) is 30.3 Å². The molecule has 0 aliphatic rings. The molecule has 0 aliphatic carbocycles. The molecule has 3 nitrogen and oxygen atoms in total. The van der Waals surface area contributed by atoms with Crippen LogP contribution in [-0.4, -0.2) is 10.1 Å². The Morgan fingerprint density at radius 2 is 2.00 bits per heavy atom. The normalized spacial score (nSPS) is 8.92. The molecule has 0 fully saturated rings. The number of benzene rings is 1. The molecule has 1 aromatic carbocycles. The van der Waals surface area contributed by atoms with Gasteiger partial charge < -0.3 is 0 Å². The quantitative estimate of drug-likeness (QED) is 0.719. The minimum absolute atomic E-state index is 0.0802. The molecule has 0 saturated carbocycles. The summed E-state index contributed by atoms with van der Waals surface area (Å²) in [6, 6.07) is 6.70. The predicted octanol–water partition coefficient (Wildman–Crippen LogP) is 1.87. The van der Waals surface area contributed by atoms with Crippen LogP contribution < -0.4 is 0 Å². The molecule has 1 aromatic rings. The van der Waals surface area contributed by atoms with Gasteiger partial charge in [-0.15, -0.1) is 4.36 Å². The van der Waals surface area contributed by atoms with Gasteiger partial charge in [0, 0.05) is 5.56 Å². The highest BCUT2D eigenvalue weighted by molar-refractivity contribution is 7.55. The van der Waals surface area contributed by atoms with Crippen LogP contribution >= 0.6 is 0 Å². The molecule has 13 heavy (non-hydrogen) atoms. The Morgan fingerprint density at radius 1 is 1.38 bits per heavy atom. The third-order valence-corrected chi connectivity index (χ3v) is 1.75. The first kappa shape index (κ1) is 9.54. The van der Waals surface area contributed by atoms with Crippen LogP contribution in [0.15, 0.2) is 35.2 Å². The zero-order chi connectivity index (χ0) is 9.68. The van der Waals surface area contributed by atoms with Gasteiger partial charge in [0.2, 0.25) is 11.5 Å². The summed E-state index contributed by atoms with van der Waals surface area (Å²) in [6.45, 7) is 3.58. The monoisotopic (exact) mass is 193 g/mol. The van der Waals surface area contributed by atoms with Gasteiger partial charge in [0.1, 0.15) is 0 Å². The number of carbonyl (C=O) groups excluding carboxylic acids is 1. The first-order valence-electron chi connectivity index (χ1n) is 3.55. The van der Waals surface area contributed by atoms with Crippen LogP contribution in [0.2, 0.25) is 0 Å². The molecule has 0 atom stereocenters. The van der Waals surface area contributed by atoms with E-state index < -0.39 is 5.91 Å². The Hall–Kier alpha value is -1.55. The van der Waals surface area contributed by atoms with Gasteiger partial charge in [-0.2, -0.15) is 4.21 Å². The van der Waals surface area contributed by atoms with Crippen LogP contribution in [0.3, 0.4) is 0 Å². The lowest BCUT2D eigenvalue weighted by atomic mass is 10.1. The average Bonchev–Trinajstić information content (AvgIpc) is 2.18. The summed E-state index contributed by atoms with van der Waals surface area (Å²) < 4.78 is 13.1. The third-order valence-electron chi connectivity index (χ3n) is 1.51. The number of hydrogen-bond acceptors (Lipinski definition) is 2. The molecule has 66 valence electrons. The van der Waals surface area contributed by atoms with E-state index in [9.17, 15) is 9.00 Å². The predicted molar refractivity (Wildman–Crippen MR) is 51.4 cm³/mol. The second kappa shape index (κ2) is 4.47. The fraction of sp³-hybridized carbons (Fsp3) is 0. The summed E-state index contributed by atoms with van der Waals surface area (Å²) in [5, 5.41) is 0. The van der Waals surface area contributed by atoms with Crippen LogP contribution in [0.4, 0.5) is 0 Å². The van der Waals surface area contributed by atoms with Gasteiger partial charge in [-0.3, -0.25) is 4.79 Å². The van der Waals surface area contributed by atoms with Crippen LogP contribution in [0.1, 0.15) is 15.9 Å². The minimum atomic E-state index is -0.504. The van der Waals surface area contributed by atoms with Crippen molar-refractivity contribution >= 4 is 23.4 Å². The Labute approximate surface area is 79.3 Å². The molecular formula is C9H7NO2S. The zero-order valence-electron chi connectivity index (χ0n) is 6.77. The second-order valence-electron chi connectivity index (χ2n) is 2.30. The molecular weight excluding hydrogens is 186 g/mol. The molecule has 0 bridgehead atoms. The zero-order valence-corrected chi connectivity index (χ0v) is 7.58. The molecule has 0 heterocycles. The van der Waals surface area contributed by atoms with Gasteiger partial charge in [0.05, 0.1) is 0 Å². The molecule has 0 spiro atoms. The number of amides is 1. The Bertz CT molecular complexity index is 377. The molecule has 0 aromatic heterocycles. The summed E-state index contributed by atoms with van der Waals surface area (Å²) in [5.74, 6) is -0.504. The van der Waals surface area contributed by atoms with Gasteiger partial charge >= 0.3 is 0 Å². The molecule has 4 heteroatoms. The number of hydrogen-bond donors (Lipinski definition) is 0. The van der Waals surface area contributed by atoms with Crippen molar-refractivity contribution in [3.63, 3.8) is 0 Å². The average molecular weight is 193 g/mol. The van der Waals surface area contributed by atoms with Gasteiger partial charge in [-0.1, -0.05) is 24.8 Å². The highest BCUT2D eigenvalue weighted by Gasteiger charge is 2.01. The number of rotatable bonds is 2. The highest BCUT2D eigenvalue weighted by atomic mass is 32.1. The van der Waals surface area contributed by atoms with Crippen molar-refractivity contribution in [2.75, 3.05) is 0 Å². The van der Waals surface area contributed by atoms with E-state index in [-0.39, 0.29) is 11.5 Å². The Morgan fingerprint density at radius 3 is 2.46 bits per heavy atom. The van der Waals surface area contributed by atoms with Crippen LogP contribution in [-0.2, 0) is 11.5 Å². The van der Waals surface area contributed by atoms with E-state index in [1.165, 1.54) is 0 Å². The summed E-state index contributed by atoms with van der Waals surface area (Å²) in [6.07, 6.45) is 1.67. The van der Waals surface area contributed by atoms with Gasteiger partial charge in [-0.05, 0) is 17.7 Å². The SMILES string of the molecule is C=Cc1ccc(C(=O)N=S=O)cc1.